The van der Waals surface area contributed by atoms with E-state index in [0.717, 1.165) is 39.0 Å². The fourth-order valence-electron chi connectivity index (χ4n) is 3.95. The summed E-state index contributed by atoms with van der Waals surface area (Å²) in [5.41, 5.74) is 8.14. The Labute approximate surface area is 152 Å². The largest absolute Gasteiger partial charge is 0.370 e. The number of benzene rings is 1. The lowest BCUT2D eigenvalue weighted by Gasteiger charge is -2.44. The molecular weight excluding hydrogens is 332 g/mol. The highest BCUT2D eigenvalue weighted by Gasteiger charge is 2.43. The van der Waals surface area contributed by atoms with Crippen LogP contribution >= 0.6 is 11.3 Å². The van der Waals surface area contributed by atoms with Crippen molar-refractivity contribution in [2.24, 2.45) is 5.73 Å². The molecule has 0 unspecified atom stereocenters. The molecule has 4 nitrogen and oxygen atoms in total. The molecule has 25 heavy (non-hydrogen) atoms. The minimum atomic E-state index is -0.428. The summed E-state index contributed by atoms with van der Waals surface area (Å²) in [7, 11) is 0. The van der Waals surface area contributed by atoms with E-state index in [2.05, 4.69) is 30.3 Å². The fourth-order valence-corrected chi connectivity index (χ4v) is 5.19. The standard InChI is InChI=1S/C20H24N2O2S/c1-14(21)19(23)22-10-8-20(9-11-22)16-13-18(15-5-3-2-4-6-15)25-17(16)7-12-24-20/h2-6,13-14H,7-12,21H2,1H3/t14-/m1/s1. The van der Waals surface area contributed by atoms with Gasteiger partial charge in [0.1, 0.15) is 0 Å². The molecule has 1 fully saturated rings. The average molecular weight is 356 g/mol. The molecule has 0 radical (unpaired) electrons. The van der Waals surface area contributed by atoms with Crippen LogP contribution in [0.4, 0.5) is 0 Å². The fraction of sp³-hybridized carbons (Fsp3) is 0.450. The Morgan fingerprint density at radius 3 is 2.68 bits per heavy atom. The van der Waals surface area contributed by atoms with E-state index in [0.29, 0.717) is 0 Å². The monoisotopic (exact) mass is 356 g/mol. The van der Waals surface area contributed by atoms with E-state index in [4.69, 9.17) is 10.5 Å². The summed E-state index contributed by atoms with van der Waals surface area (Å²) in [4.78, 5) is 16.8. The first-order chi connectivity index (χ1) is 12.1. The van der Waals surface area contributed by atoms with E-state index in [1.807, 2.05) is 22.3 Å². The Morgan fingerprint density at radius 2 is 2.00 bits per heavy atom. The van der Waals surface area contributed by atoms with E-state index < -0.39 is 6.04 Å². The van der Waals surface area contributed by atoms with E-state index >= 15 is 0 Å². The smallest absolute Gasteiger partial charge is 0.239 e. The van der Waals surface area contributed by atoms with Gasteiger partial charge in [0.05, 0.1) is 18.2 Å². The van der Waals surface area contributed by atoms with Crippen molar-refractivity contribution in [3.8, 4) is 10.4 Å². The second-order valence-corrected chi connectivity index (χ2v) is 8.16. The van der Waals surface area contributed by atoms with Crippen LogP contribution in [0.1, 0.15) is 30.2 Å². The molecule has 2 aromatic rings. The van der Waals surface area contributed by atoms with Crippen LogP contribution in [0.15, 0.2) is 36.4 Å². The van der Waals surface area contributed by atoms with Crippen LogP contribution in [0.5, 0.6) is 0 Å². The number of hydrogen-bond donors (Lipinski definition) is 1. The number of nitrogens with two attached hydrogens (primary N) is 1. The normalized spacial score (nSPS) is 20.3. The summed E-state index contributed by atoms with van der Waals surface area (Å²) in [6.45, 7) is 3.96. The Balaban J connectivity index is 1.60. The van der Waals surface area contributed by atoms with Crippen molar-refractivity contribution < 1.29 is 9.53 Å². The van der Waals surface area contributed by atoms with E-state index in [1.165, 1.54) is 20.9 Å². The second-order valence-electron chi connectivity index (χ2n) is 7.02. The van der Waals surface area contributed by atoms with Crippen molar-refractivity contribution >= 4 is 17.2 Å². The predicted molar refractivity (Wildman–Crippen MR) is 101 cm³/mol. The van der Waals surface area contributed by atoms with Crippen LogP contribution in [0.25, 0.3) is 10.4 Å². The minimum Gasteiger partial charge on any atom is -0.370 e. The van der Waals surface area contributed by atoms with Gasteiger partial charge < -0.3 is 15.4 Å². The molecule has 0 saturated carbocycles. The van der Waals surface area contributed by atoms with Crippen LogP contribution in [-0.4, -0.2) is 36.5 Å². The first-order valence-corrected chi connectivity index (χ1v) is 9.78. The van der Waals surface area contributed by atoms with Crippen LogP contribution in [0.2, 0.25) is 0 Å². The molecule has 2 aliphatic heterocycles. The number of nitrogens with zero attached hydrogens (tertiary/aromatic N) is 1. The molecule has 1 aromatic heterocycles. The highest BCUT2D eigenvalue weighted by molar-refractivity contribution is 7.15. The number of likely N-dealkylation sites (tertiary alicyclic amines) is 1. The van der Waals surface area contributed by atoms with Gasteiger partial charge in [-0.3, -0.25) is 4.79 Å². The van der Waals surface area contributed by atoms with Gasteiger partial charge in [0, 0.05) is 29.3 Å². The number of thiophene rings is 1. The summed E-state index contributed by atoms with van der Waals surface area (Å²) in [5.74, 6) is 0.0428. The Morgan fingerprint density at radius 1 is 1.28 bits per heavy atom. The number of rotatable bonds is 2. The quantitative estimate of drug-likeness (QED) is 0.899. The van der Waals surface area contributed by atoms with Crippen molar-refractivity contribution in [3.63, 3.8) is 0 Å². The third kappa shape index (κ3) is 3.01. The van der Waals surface area contributed by atoms with Crippen LogP contribution in [-0.2, 0) is 21.6 Å². The molecular formula is C20H24N2O2S. The molecule has 1 spiro atoms. The second kappa shape index (κ2) is 6.56. The SMILES string of the molecule is C[C@@H](N)C(=O)N1CCC2(CC1)OCCc1sc(-c3ccccc3)cc12. The molecule has 132 valence electrons. The number of piperidine rings is 1. The van der Waals surface area contributed by atoms with Gasteiger partial charge in [0.15, 0.2) is 0 Å². The van der Waals surface area contributed by atoms with Gasteiger partial charge in [0.2, 0.25) is 5.91 Å². The van der Waals surface area contributed by atoms with Gasteiger partial charge in [-0.15, -0.1) is 11.3 Å². The maximum absolute atomic E-state index is 12.2. The molecule has 0 aliphatic carbocycles. The Hall–Kier alpha value is -1.69. The lowest BCUT2D eigenvalue weighted by Crippen LogP contribution is -2.51. The Bertz CT molecular complexity index is 761. The number of hydrogen-bond acceptors (Lipinski definition) is 4. The molecule has 1 aromatic carbocycles. The number of fused-ring (bicyclic) bond motifs is 2. The van der Waals surface area contributed by atoms with Crippen LogP contribution < -0.4 is 5.73 Å². The van der Waals surface area contributed by atoms with Gasteiger partial charge in [-0.1, -0.05) is 30.3 Å². The van der Waals surface area contributed by atoms with E-state index in [1.54, 1.807) is 6.92 Å². The maximum atomic E-state index is 12.2. The van der Waals surface area contributed by atoms with Crippen molar-refractivity contribution in [1.29, 1.82) is 0 Å². The van der Waals surface area contributed by atoms with Crippen molar-refractivity contribution in [1.82, 2.24) is 4.90 Å². The van der Waals surface area contributed by atoms with E-state index in [9.17, 15) is 4.79 Å². The van der Waals surface area contributed by atoms with Gasteiger partial charge in [-0.2, -0.15) is 0 Å². The first-order valence-electron chi connectivity index (χ1n) is 8.96. The highest BCUT2D eigenvalue weighted by atomic mass is 32.1. The molecule has 1 atom stereocenters. The van der Waals surface area contributed by atoms with Gasteiger partial charge in [0.25, 0.3) is 0 Å². The number of carbonyl (C=O) groups is 1. The van der Waals surface area contributed by atoms with Crippen LogP contribution in [0, 0.1) is 0 Å². The lowest BCUT2D eigenvalue weighted by atomic mass is 9.82. The zero-order valence-corrected chi connectivity index (χ0v) is 15.3. The molecule has 1 amide bonds. The molecule has 3 heterocycles. The van der Waals surface area contributed by atoms with E-state index in [-0.39, 0.29) is 11.5 Å². The minimum absolute atomic E-state index is 0.0428. The van der Waals surface area contributed by atoms with Gasteiger partial charge in [-0.05, 0) is 37.0 Å². The van der Waals surface area contributed by atoms with Gasteiger partial charge >= 0.3 is 0 Å². The summed E-state index contributed by atoms with van der Waals surface area (Å²) in [6.07, 6.45) is 2.68. The summed E-state index contributed by atoms with van der Waals surface area (Å²) in [5, 5.41) is 0. The lowest BCUT2D eigenvalue weighted by molar-refractivity contribution is -0.141. The molecule has 5 heteroatoms. The molecule has 2 aliphatic rings. The summed E-state index contributed by atoms with van der Waals surface area (Å²) < 4.78 is 6.31. The van der Waals surface area contributed by atoms with Crippen molar-refractivity contribution in [3.05, 3.63) is 46.8 Å². The summed E-state index contributed by atoms with van der Waals surface area (Å²) in [6, 6.07) is 12.4. The van der Waals surface area contributed by atoms with Crippen LogP contribution in [0.3, 0.4) is 0 Å². The highest BCUT2D eigenvalue weighted by Crippen LogP contribution is 2.46. The van der Waals surface area contributed by atoms with Crippen molar-refractivity contribution in [2.45, 2.75) is 37.8 Å². The van der Waals surface area contributed by atoms with Gasteiger partial charge in [-0.25, -0.2) is 0 Å². The average Bonchev–Trinajstić information content (AvgIpc) is 3.09. The third-order valence-electron chi connectivity index (χ3n) is 5.34. The molecule has 1 saturated heterocycles. The zero-order valence-electron chi connectivity index (χ0n) is 14.5. The third-order valence-corrected chi connectivity index (χ3v) is 6.58. The Kier molecular flexibility index (Phi) is 4.40. The molecule has 0 bridgehead atoms. The summed E-state index contributed by atoms with van der Waals surface area (Å²) >= 11 is 1.89. The zero-order chi connectivity index (χ0) is 17.4. The topological polar surface area (TPSA) is 55.6 Å². The maximum Gasteiger partial charge on any atom is 0.239 e. The van der Waals surface area contributed by atoms with Crippen molar-refractivity contribution in [2.75, 3.05) is 19.7 Å². The first kappa shape index (κ1) is 16.8. The molecule has 4 rings (SSSR count). The number of amides is 1. The predicted octanol–water partition coefficient (Wildman–Crippen LogP) is 3.15. The number of ether oxygens (including phenoxy) is 1. The molecule has 2 N–H and O–H groups in total. The number of carbonyl (C=O) groups excluding carboxylic acids is 1.